The summed E-state index contributed by atoms with van der Waals surface area (Å²) in [6.07, 6.45) is -2.94. The van der Waals surface area contributed by atoms with Crippen LogP contribution in [0.15, 0.2) is 24.3 Å². The van der Waals surface area contributed by atoms with Crippen molar-refractivity contribution < 1.29 is 69.1 Å². The third-order valence-corrected chi connectivity index (χ3v) is 7.66. The molecular formula is C27H26F8N4O11. The number of benzene rings is 2. The summed E-state index contributed by atoms with van der Waals surface area (Å²) in [7, 11) is 0. The van der Waals surface area contributed by atoms with Gasteiger partial charge in [0.15, 0.2) is 13.2 Å². The average Bonchev–Trinajstić information content (AvgIpc) is 3.03. The van der Waals surface area contributed by atoms with Crippen LogP contribution in [0.2, 0.25) is 0 Å². The standard InChI is InChI=1S/C27H26F8N4O11/c1-5-13(3)17-7-15(36(41)42)9-19(38(45)46)21(17)26(32,33)24(28,29)11-49-23(40)50-12-25(30,31)27(34,35)22-18(14(4)6-2)8-16(37(43)44)10-20(22)39(47)48/h7-10,13-14H,5-6,11-12H2,1-4H3. The molecule has 0 heterocycles. The van der Waals surface area contributed by atoms with E-state index in [1.165, 1.54) is 13.8 Å². The number of hydrogen-bond acceptors (Lipinski definition) is 11. The number of nitro groups is 4. The van der Waals surface area contributed by atoms with Crippen LogP contribution in [-0.4, -0.2) is 50.9 Å². The van der Waals surface area contributed by atoms with Gasteiger partial charge in [0.05, 0.1) is 31.8 Å². The minimum absolute atomic E-state index is 0.00940. The van der Waals surface area contributed by atoms with Gasteiger partial charge in [-0.1, -0.05) is 27.7 Å². The molecule has 0 amide bonds. The summed E-state index contributed by atoms with van der Waals surface area (Å²) >= 11 is 0. The molecular weight excluding hydrogens is 708 g/mol. The highest BCUT2D eigenvalue weighted by molar-refractivity contribution is 5.61. The highest BCUT2D eigenvalue weighted by atomic mass is 19.3. The van der Waals surface area contributed by atoms with Crippen molar-refractivity contribution in [3.05, 3.63) is 87.0 Å². The van der Waals surface area contributed by atoms with Gasteiger partial charge in [-0.2, -0.15) is 35.1 Å². The molecule has 2 unspecified atom stereocenters. The van der Waals surface area contributed by atoms with Crippen molar-refractivity contribution in [3.63, 3.8) is 0 Å². The van der Waals surface area contributed by atoms with Crippen LogP contribution in [0.4, 0.5) is 62.7 Å². The van der Waals surface area contributed by atoms with Crippen LogP contribution in [0.5, 0.6) is 0 Å². The Morgan fingerprint density at radius 1 is 0.620 bits per heavy atom. The number of rotatable bonds is 16. The van der Waals surface area contributed by atoms with Crippen LogP contribution in [0.25, 0.3) is 0 Å². The van der Waals surface area contributed by atoms with Crippen LogP contribution in [-0.2, 0) is 21.3 Å². The fraction of sp³-hybridized carbons (Fsp3) is 0.519. The maximum Gasteiger partial charge on any atom is 0.508 e. The molecule has 0 bridgehead atoms. The van der Waals surface area contributed by atoms with Gasteiger partial charge in [0, 0.05) is 12.1 Å². The molecule has 0 fully saturated rings. The zero-order valence-corrected chi connectivity index (χ0v) is 26.1. The minimum Gasteiger partial charge on any atom is -0.428 e. The summed E-state index contributed by atoms with van der Waals surface area (Å²) in [5.74, 6) is -24.9. The zero-order chi connectivity index (χ0) is 38.7. The molecule has 50 heavy (non-hydrogen) atoms. The van der Waals surface area contributed by atoms with Crippen molar-refractivity contribution >= 4 is 28.9 Å². The SMILES string of the molecule is CCC(C)c1cc([N+](=O)[O-])cc([N+](=O)[O-])c1C(F)(F)C(F)(F)COC(=O)OCC(F)(F)C(F)(F)c1c(C(C)CC)cc([N+](=O)[O-])cc1[N+](=O)[O-]. The number of halogens is 8. The maximum absolute atomic E-state index is 15.4. The Morgan fingerprint density at radius 3 is 1.16 bits per heavy atom. The maximum atomic E-state index is 15.4. The first kappa shape index (κ1) is 40.9. The van der Waals surface area contributed by atoms with Gasteiger partial charge < -0.3 is 9.47 Å². The summed E-state index contributed by atoms with van der Waals surface area (Å²) in [5.41, 5.74) is -11.7. The van der Waals surface area contributed by atoms with Gasteiger partial charge in [-0.25, -0.2) is 4.79 Å². The first-order valence-corrected chi connectivity index (χ1v) is 14.0. The van der Waals surface area contributed by atoms with Gasteiger partial charge in [0.25, 0.3) is 22.7 Å². The molecule has 0 radical (unpaired) electrons. The Balaban J connectivity index is 2.44. The van der Waals surface area contributed by atoms with E-state index in [1.54, 1.807) is 0 Å². The van der Waals surface area contributed by atoms with E-state index in [0.29, 0.717) is 12.1 Å². The lowest BCUT2D eigenvalue weighted by Crippen LogP contribution is -2.45. The number of nitro benzene ring substituents is 4. The molecule has 0 aliphatic heterocycles. The lowest BCUT2D eigenvalue weighted by molar-refractivity contribution is -0.396. The van der Waals surface area contributed by atoms with Gasteiger partial charge >= 0.3 is 29.8 Å². The summed E-state index contributed by atoms with van der Waals surface area (Å²) in [4.78, 5) is 51.8. The van der Waals surface area contributed by atoms with E-state index in [0.717, 1.165) is 13.8 Å². The molecule has 0 spiro atoms. The number of carbonyl (C=O) groups is 1. The van der Waals surface area contributed by atoms with Crippen molar-refractivity contribution in [3.8, 4) is 0 Å². The molecule has 0 aliphatic rings. The lowest BCUT2D eigenvalue weighted by atomic mass is 9.87. The van der Waals surface area contributed by atoms with Gasteiger partial charge in [-0.05, 0) is 35.8 Å². The molecule has 23 heteroatoms. The van der Waals surface area contributed by atoms with Gasteiger partial charge in [-0.15, -0.1) is 0 Å². The summed E-state index contributed by atoms with van der Waals surface area (Å²) < 4.78 is 129. The number of hydrogen-bond donors (Lipinski definition) is 0. The molecule has 15 nitrogen and oxygen atoms in total. The molecule has 0 N–H and O–H groups in total. The third kappa shape index (κ3) is 7.96. The molecule has 0 aromatic heterocycles. The first-order valence-electron chi connectivity index (χ1n) is 14.0. The number of carbonyl (C=O) groups excluding carboxylic acids is 1. The van der Waals surface area contributed by atoms with Crippen LogP contribution >= 0.6 is 0 Å². The Morgan fingerprint density at radius 2 is 0.920 bits per heavy atom. The fourth-order valence-corrected chi connectivity index (χ4v) is 4.55. The predicted octanol–water partition coefficient (Wildman–Crippen LogP) is 8.65. The quantitative estimate of drug-likeness (QED) is 0.0689. The molecule has 2 aromatic rings. The van der Waals surface area contributed by atoms with Crippen molar-refractivity contribution in [2.75, 3.05) is 13.2 Å². The van der Waals surface area contributed by atoms with Gasteiger partial charge in [-0.3, -0.25) is 40.5 Å². The van der Waals surface area contributed by atoms with E-state index >= 15 is 17.6 Å². The van der Waals surface area contributed by atoms with E-state index < -0.39 is 120 Å². The van der Waals surface area contributed by atoms with Crippen LogP contribution < -0.4 is 0 Å². The molecule has 276 valence electrons. The monoisotopic (exact) mass is 734 g/mol. The molecule has 2 rings (SSSR count). The second kappa shape index (κ2) is 14.7. The van der Waals surface area contributed by atoms with Gasteiger partial charge in [0.2, 0.25) is 0 Å². The molecule has 0 aliphatic carbocycles. The Kier molecular flexibility index (Phi) is 12.0. The predicted molar refractivity (Wildman–Crippen MR) is 152 cm³/mol. The second-order valence-electron chi connectivity index (χ2n) is 10.9. The molecule has 2 aromatic carbocycles. The molecule has 2 atom stereocenters. The van der Waals surface area contributed by atoms with E-state index in [9.17, 15) is 62.8 Å². The molecule has 0 saturated heterocycles. The topological polar surface area (TPSA) is 208 Å². The molecule has 0 saturated carbocycles. The normalized spacial score (nSPS) is 13.7. The van der Waals surface area contributed by atoms with E-state index in [-0.39, 0.29) is 25.0 Å². The largest absolute Gasteiger partial charge is 0.508 e. The lowest BCUT2D eigenvalue weighted by Gasteiger charge is -2.29. The highest BCUT2D eigenvalue weighted by Gasteiger charge is 2.64. The van der Waals surface area contributed by atoms with Gasteiger partial charge in [0.1, 0.15) is 11.1 Å². The number of ether oxygens (including phenoxy) is 2. The average molecular weight is 735 g/mol. The van der Waals surface area contributed by atoms with Crippen molar-refractivity contribution in [1.82, 2.24) is 0 Å². The highest BCUT2D eigenvalue weighted by Crippen LogP contribution is 2.52. The number of nitrogens with zero attached hydrogens (tertiary/aromatic N) is 4. The Hall–Kier alpha value is -5.25. The van der Waals surface area contributed by atoms with E-state index in [1.807, 2.05) is 0 Å². The van der Waals surface area contributed by atoms with Crippen molar-refractivity contribution in [2.45, 2.75) is 76.1 Å². The van der Waals surface area contributed by atoms with Crippen LogP contribution in [0, 0.1) is 40.5 Å². The summed E-state index contributed by atoms with van der Waals surface area (Å²) in [6.45, 7) is -0.581. The fourth-order valence-electron chi connectivity index (χ4n) is 4.55. The van der Waals surface area contributed by atoms with Crippen LogP contribution in [0.1, 0.15) is 74.6 Å². The van der Waals surface area contributed by atoms with Crippen LogP contribution in [0.3, 0.4) is 0 Å². The Bertz CT molecular complexity index is 1570. The van der Waals surface area contributed by atoms with E-state index in [2.05, 4.69) is 9.47 Å². The van der Waals surface area contributed by atoms with Crippen molar-refractivity contribution in [2.24, 2.45) is 0 Å². The number of non-ortho nitro benzene ring substituents is 2. The first-order chi connectivity index (χ1) is 22.8. The Labute approximate surface area is 274 Å². The smallest absolute Gasteiger partial charge is 0.428 e. The second-order valence-corrected chi connectivity index (χ2v) is 10.9. The third-order valence-electron chi connectivity index (χ3n) is 7.66. The van der Waals surface area contributed by atoms with Crippen molar-refractivity contribution in [1.29, 1.82) is 0 Å². The summed E-state index contributed by atoms with van der Waals surface area (Å²) in [6, 6.07) is 0.786. The number of alkyl halides is 8. The zero-order valence-electron chi connectivity index (χ0n) is 26.1. The minimum atomic E-state index is -5.64. The van der Waals surface area contributed by atoms with E-state index in [4.69, 9.17) is 0 Å². The summed E-state index contributed by atoms with van der Waals surface area (Å²) in [5, 5.41) is 45.5.